The molecule has 0 bridgehead atoms. The van der Waals surface area contributed by atoms with Crippen LogP contribution in [0.25, 0.3) is 0 Å². The van der Waals surface area contributed by atoms with Gasteiger partial charge in [-0.2, -0.15) is 0 Å². The van der Waals surface area contributed by atoms with Gasteiger partial charge in [0.25, 0.3) is 10.0 Å². The summed E-state index contributed by atoms with van der Waals surface area (Å²) in [4.78, 5) is 15.6. The van der Waals surface area contributed by atoms with E-state index in [-0.39, 0.29) is 17.3 Å². The molecule has 0 saturated carbocycles. The number of ether oxygens (including phenoxy) is 1. The second-order valence-electron chi connectivity index (χ2n) is 9.17. The summed E-state index contributed by atoms with van der Waals surface area (Å²) in [5, 5.41) is 2.94. The van der Waals surface area contributed by atoms with Crippen LogP contribution in [0.4, 0.5) is 5.69 Å². The monoisotopic (exact) mass is 585 g/mol. The van der Waals surface area contributed by atoms with E-state index >= 15 is 0 Å². The first-order valence-electron chi connectivity index (χ1n) is 12.3. The lowest BCUT2D eigenvalue weighted by Crippen LogP contribution is -2.40. The first-order valence-corrected chi connectivity index (χ1v) is 14.5. The van der Waals surface area contributed by atoms with Crippen LogP contribution >= 0.6 is 15.9 Å². The third-order valence-electron chi connectivity index (χ3n) is 6.51. The lowest BCUT2D eigenvalue weighted by molar-refractivity contribution is -0.119. The molecule has 0 atom stereocenters. The molecule has 0 radical (unpaired) electrons. The molecule has 0 spiro atoms. The van der Waals surface area contributed by atoms with E-state index in [4.69, 9.17) is 4.74 Å². The molecule has 1 fully saturated rings. The summed E-state index contributed by atoms with van der Waals surface area (Å²) >= 11 is 3.36. The maximum absolute atomic E-state index is 13.7. The van der Waals surface area contributed by atoms with Crippen molar-refractivity contribution in [1.82, 2.24) is 10.2 Å². The number of benzene rings is 3. The average molecular weight is 587 g/mol. The van der Waals surface area contributed by atoms with Crippen LogP contribution in [0.2, 0.25) is 0 Å². The molecule has 1 heterocycles. The molecule has 1 amide bonds. The van der Waals surface area contributed by atoms with E-state index in [9.17, 15) is 13.2 Å². The standard InChI is InChI=1S/C28H32BrN3O4S/c1-21-9-11-24(12-10-21)32(37(34,35)25-13-14-27(36-2)26(29)17-25)20-28(33)30-18-22-7-3-4-8-23(22)19-31-15-5-6-16-31/h3-4,7-14,17H,5-6,15-16,18-20H2,1-2H3,(H,30,33). The van der Waals surface area contributed by atoms with Gasteiger partial charge in [0.1, 0.15) is 12.3 Å². The Morgan fingerprint density at radius 1 is 1.03 bits per heavy atom. The Kier molecular flexibility index (Phi) is 8.89. The fourth-order valence-corrected chi connectivity index (χ4v) is 6.55. The molecular formula is C28H32BrN3O4S. The molecule has 0 unspecified atom stereocenters. The highest BCUT2D eigenvalue weighted by Crippen LogP contribution is 2.30. The number of methoxy groups -OCH3 is 1. The number of anilines is 1. The van der Waals surface area contributed by atoms with Gasteiger partial charge >= 0.3 is 0 Å². The van der Waals surface area contributed by atoms with Gasteiger partial charge < -0.3 is 10.1 Å². The Bertz CT molecular complexity index is 1340. The van der Waals surface area contributed by atoms with Crippen molar-refractivity contribution in [3.8, 4) is 5.75 Å². The summed E-state index contributed by atoms with van der Waals surface area (Å²) in [5.41, 5.74) is 3.62. The highest BCUT2D eigenvalue weighted by Gasteiger charge is 2.28. The molecule has 1 aliphatic heterocycles. The van der Waals surface area contributed by atoms with Crippen molar-refractivity contribution in [1.29, 1.82) is 0 Å². The summed E-state index contributed by atoms with van der Waals surface area (Å²) in [6.45, 7) is 4.94. The Morgan fingerprint density at radius 2 is 1.70 bits per heavy atom. The highest BCUT2D eigenvalue weighted by molar-refractivity contribution is 9.10. The average Bonchev–Trinajstić information content (AvgIpc) is 3.40. The number of halogens is 1. The minimum Gasteiger partial charge on any atom is -0.496 e. The molecule has 196 valence electrons. The number of nitrogens with zero attached hydrogens (tertiary/aromatic N) is 2. The van der Waals surface area contributed by atoms with Crippen LogP contribution in [0, 0.1) is 6.92 Å². The van der Waals surface area contributed by atoms with Crippen molar-refractivity contribution in [2.45, 2.75) is 37.8 Å². The van der Waals surface area contributed by atoms with Crippen LogP contribution in [-0.4, -0.2) is 46.0 Å². The molecule has 3 aromatic rings. The Morgan fingerprint density at radius 3 is 2.35 bits per heavy atom. The normalized spacial score (nSPS) is 13.9. The molecule has 1 aliphatic rings. The Hall–Kier alpha value is -2.88. The number of sulfonamides is 1. The summed E-state index contributed by atoms with van der Waals surface area (Å²) < 4.78 is 34.3. The van der Waals surface area contributed by atoms with E-state index in [1.165, 1.54) is 37.6 Å². The van der Waals surface area contributed by atoms with E-state index in [1.807, 2.05) is 37.3 Å². The van der Waals surface area contributed by atoms with Gasteiger partial charge in [-0.3, -0.25) is 14.0 Å². The molecule has 3 aromatic carbocycles. The van der Waals surface area contributed by atoms with E-state index < -0.39 is 10.0 Å². The van der Waals surface area contributed by atoms with E-state index in [2.05, 4.69) is 32.2 Å². The molecule has 1 saturated heterocycles. The number of nitrogens with one attached hydrogen (secondary N) is 1. The number of aryl methyl sites for hydroxylation is 1. The van der Waals surface area contributed by atoms with Crippen LogP contribution in [0.5, 0.6) is 5.75 Å². The van der Waals surface area contributed by atoms with Gasteiger partial charge in [0, 0.05) is 13.1 Å². The molecule has 37 heavy (non-hydrogen) atoms. The number of carbonyl (C=O) groups is 1. The molecule has 7 nitrogen and oxygen atoms in total. The zero-order valence-corrected chi connectivity index (χ0v) is 23.5. The summed E-state index contributed by atoms with van der Waals surface area (Å²) in [7, 11) is -2.52. The minimum absolute atomic E-state index is 0.0597. The predicted octanol–water partition coefficient (Wildman–Crippen LogP) is 4.87. The second kappa shape index (κ2) is 12.1. The topological polar surface area (TPSA) is 79.0 Å². The highest BCUT2D eigenvalue weighted by atomic mass is 79.9. The smallest absolute Gasteiger partial charge is 0.264 e. The van der Waals surface area contributed by atoms with E-state index in [0.717, 1.165) is 35.1 Å². The number of amides is 1. The fourth-order valence-electron chi connectivity index (χ4n) is 4.41. The van der Waals surface area contributed by atoms with Gasteiger partial charge in [0.05, 0.1) is 22.2 Å². The summed E-state index contributed by atoms with van der Waals surface area (Å²) in [5.74, 6) is 0.138. The van der Waals surface area contributed by atoms with Crippen LogP contribution < -0.4 is 14.4 Å². The van der Waals surface area contributed by atoms with E-state index in [0.29, 0.717) is 22.5 Å². The lowest BCUT2D eigenvalue weighted by Gasteiger charge is -2.25. The third kappa shape index (κ3) is 6.71. The zero-order chi connectivity index (χ0) is 26.4. The Labute approximate surface area is 227 Å². The SMILES string of the molecule is COc1ccc(S(=O)(=O)N(CC(=O)NCc2ccccc2CN2CCCC2)c2ccc(C)cc2)cc1Br. The molecule has 4 rings (SSSR count). The molecule has 1 N–H and O–H groups in total. The summed E-state index contributed by atoms with van der Waals surface area (Å²) in [6.07, 6.45) is 2.43. The number of rotatable bonds is 10. The largest absolute Gasteiger partial charge is 0.496 e. The van der Waals surface area contributed by atoms with Crippen molar-refractivity contribution >= 4 is 37.5 Å². The third-order valence-corrected chi connectivity index (χ3v) is 8.90. The second-order valence-corrected chi connectivity index (χ2v) is 11.9. The number of likely N-dealkylation sites (tertiary alicyclic amines) is 1. The van der Waals surface area contributed by atoms with Crippen molar-refractivity contribution in [3.63, 3.8) is 0 Å². The lowest BCUT2D eigenvalue weighted by atomic mass is 10.1. The Balaban J connectivity index is 1.54. The first kappa shape index (κ1) is 27.2. The first-order chi connectivity index (χ1) is 17.8. The van der Waals surface area contributed by atoms with Crippen LogP contribution in [0.15, 0.2) is 76.1 Å². The molecule has 0 aromatic heterocycles. The van der Waals surface area contributed by atoms with Crippen LogP contribution in [0.1, 0.15) is 29.5 Å². The molecule has 0 aliphatic carbocycles. The maximum Gasteiger partial charge on any atom is 0.264 e. The molecular weight excluding hydrogens is 554 g/mol. The van der Waals surface area contributed by atoms with Crippen LogP contribution in [-0.2, 0) is 27.9 Å². The summed E-state index contributed by atoms with van der Waals surface area (Å²) in [6, 6.07) is 19.7. The van der Waals surface area contributed by atoms with Crippen molar-refractivity contribution < 1.29 is 17.9 Å². The fraction of sp³-hybridized carbons (Fsp3) is 0.321. The van der Waals surface area contributed by atoms with Gasteiger partial charge in [0.15, 0.2) is 0 Å². The van der Waals surface area contributed by atoms with Crippen molar-refractivity contribution in [2.75, 3.05) is 31.0 Å². The van der Waals surface area contributed by atoms with Gasteiger partial charge in [-0.25, -0.2) is 8.42 Å². The zero-order valence-electron chi connectivity index (χ0n) is 21.1. The quantitative estimate of drug-likeness (QED) is 0.367. The number of carbonyl (C=O) groups excluding carboxylic acids is 1. The van der Waals surface area contributed by atoms with Crippen molar-refractivity contribution in [2.24, 2.45) is 0 Å². The number of hydrogen-bond acceptors (Lipinski definition) is 5. The number of hydrogen-bond donors (Lipinski definition) is 1. The van der Waals surface area contributed by atoms with Gasteiger partial charge in [-0.05, 0) is 90.2 Å². The van der Waals surface area contributed by atoms with Gasteiger partial charge in [0.2, 0.25) is 5.91 Å². The predicted molar refractivity (Wildman–Crippen MR) is 149 cm³/mol. The maximum atomic E-state index is 13.7. The van der Waals surface area contributed by atoms with Crippen LogP contribution in [0.3, 0.4) is 0 Å². The van der Waals surface area contributed by atoms with Gasteiger partial charge in [-0.1, -0.05) is 42.0 Å². The molecule has 9 heteroatoms. The van der Waals surface area contributed by atoms with Crippen molar-refractivity contribution in [3.05, 3.63) is 87.9 Å². The van der Waals surface area contributed by atoms with Gasteiger partial charge in [-0.15, -0.1) is 0 Å². The van der Waals surface area contributed by atoms with E-state index in [1.54, 1.807) is 18.2 Å². The minimum atomic E-state index is -4.04.